The third-order valence-corrected chi connectivity index (χ3v) is 4.18. The number of hydrogen-bond acceptors (Lipinski definition) is 2. The van der Waals surface area contributed by atoms with Crippen LogP contribution in [0.1, 0.15) is 18.1 Å². The number of benzene rings is 2. The van der Waals surface area contributed by atoms with E-state index in [1.54, 1.807) is 0 Å². The largest absolute Gasteiger partial charge is 0.365 e. The Morgan fingerprint density at radius 1 is 0.952 bits per heavy atom. The number of ether oxygens (including phenoxy) is 1. The van der Waals surface area contributed by atoms with Crippen molar-refractivity contribution in [3.8, 4) is 0 Å². The van der Waals surface area contributed by atoms with Crippen LogP contribution >= 0.6 is 15.9 Å². The molecule has 0 fully saturated rings. The van der Waals surface area contributed by atoms with Gasteiger partial charge in [-0.15, -0.1) is 0 Å². The van der Waals surface area contributed by atoms with Crippen molar-refractivity contribution in [3.63, 3.8) is 0 Å². The lowest BCUT2D eigenvalue weighted by Gasteiger charge is -2.32. The standard InChI is InChI=1S/C18H22BrNO/c1-18(21-14-13-20(2)3,15-7-5-4-6-8-15)16-9-11-17(19)12-10-16/h4-12H,13-14H2,1-3H3/t18-/m0/s1. The van der Waals surface area contributed by atoms with E-state index in [9.17, 15) is 0 Å². The van der Waals surface area contributed by atoms with Gasteiger partial charge in [0.1, 0.15) is 5.60 Å². The summed E-state index contributed by atoms with van der Waals surface area (Å²) in [7, 11) is 4.12. The highest BCUT2D eigenvalue weighted by Crippen LogP contribution is 2.33. The zero-order valence-corrected chi connectivity index (χ0v) is 14.4. The first-order chi connectivity index (χ1) is 10.0. The Hall–Kier alpha value is -1.16. The van der Waals surface area contributed by atoms with Crippen molar-refractivity contribution >= 4 is 15.9 Å². The van der Waals surface area contributed by atoms with E-state index in [0.29, 0.717) is 6.61 Å². The molecule has 0 unspecified atom stereocenters. The number of hydrogen-bond donors (Lipinski definition) is 0. The highest BCUT2D eigenvalue weighted by molar-refractivity contribution is 9.10. The average molecular weight is 348 g/mol. The Morgan fingerprint density at radius 3 is 2.10 bits per heavy atom. The second kappa shape index (κ2) is 7.21. The molecule has 0 spiro atoms. The second-order valence-corrected chi connectivity index (χ2v) is 6.47. The van der Waals surface area contributed by atoms with Crippen LogP contribution in [0.3, 0.4) is 0 Å². The molecule has 0 aliphatic heterocycles. The third-order valence-electron chi connectivity index (χ3n) is 3.65. The van der Waals surface area contributed by atoms with E-state index in [1.165, 1.54) is 5.56 Å². The maximum Gasteiger partial charge on any atom is 0.115 e. The third kappa shape index (κ3) is 4.16. The van der Waals surface area contributed by atoms with Crippen molar-refractivity contribution in [1.29, 1.82) is 0 Å². The smallest absolute Gasteiger partial charge is 0.115 e. The van der Waals surface area contributed by atoms with Crippen molar-refractivity contribution in [1.82, 2.24) is 4.90 Å². The molecule has 112 valence electrons. The van der Waals surface area contributed by atoms with Crippen LogP contribution in [0.2, 0.25) is 0 Å². The monoisotopic (exact) mass is 347 g/mol. The molecule has 2 aromatic carbocycles. The molecule has 0 heterocycles. The zero-order valence-electron chi connectivity index (χ0n) is 12.8. The fraction of sp³-hybridized carbons (Fsp3) is 0.333. The lowest BCUT2D eigenvalue weighted by atomic mass is 9.88. The van der Waals surface area contributed by atoms with Crippen molar-refractivity contribution in [2.24, 2.45) is 0 Å². The predicted molar refractivity (Wildman–Crippen MR) is 91.5 cm³/mol. The van der Waals surface area contributed by atoms with Crippen LogP contribution in [0.4, 0.5) is 0 Å². The van der Waals surface area contributed by atoms with Crippen LogP contribution in [0.25, 0.3) is 0 Å². The van der Waals surface area contributed by atoms with Crippen molar-refractivity contribution in [2.45, 2.75) is 12.5 Å². The molecule has 0 radical (unpaired) electrons. The van der Waals surface area contributed by atoms with Crippen molar-refractivity contribution < 1.29 is 4.74 Å². The molecule has 0 aliphatic carbocycles. The van der Waals surface area contributed by atoms with Gasteiger partial charge in [-0.2, -0.15) is 0 Å². The molecular weight excluding hydrogens is 326 g/mol. The van der Waals surface area contributed by atoms with E-state index in [-0.39, 0.29) is 0 Å². The first-order valence-corrected chi connectivity index (χ1v) is 7.92. The van der Waals surface area contributed by atoms with Gasteiger partial charge in [0.05, 0.1) is 6.61 Å². The van der Waals surface area contributed by atoms with Crippen LogP contribution in [-0.4, -0.2) is 32.1 Å². The van der Waals surface area contributed by atoms with Crippen LogP contribution in [0.15, 0.2) is 59.1 Å². The maximum absolute atomic E-state index is 6.30. The molecule has 2 aromatic rings. The van der Waals surface area contributed by atoms with Gasteiger partial charge in [0, 0.05) is 11.0 Å². The first kappa shape index (κ1) is 16.2. The molecule has 0 bridgehead atoms. The Balaban J connectivity index is 2.31. The highest BCUT2D eigenvalue weighted by Gasteiger charge is 2.29. The van der Waals surface area contributed by atoms with Gasteiger partial charge in [0.15, 0.2) is 0 Å². The molecule has 3 heteroatoms. The van der Waals surface area contributed by atoms with Crippen LogP contribution in [-0.2, 0) is 10.3 Å². The zero-order chi connectivity index (χ0) is 15.3. The van der Waals surface area contributed by atoms with Crippen LogP contribution in [0, 0.1) is 0 Å². The molecule has 1 atom stereocenters. The van der Waals surface area contributed by atoms with E-state index in [0.717, 1.165) is 16.6 Å². The Kier molecular flexibility index (Phi) is 5.57. The van der Waals surface area contributed by atoms with E-state index in [4.69, 9.17) is 4.74 Å². The SMILES string of the molecule is CN(C)CCO[C@@](C)(c1ccccc1)c1ccc(Br)cc1. The van der Waals surface area contributed by atoms with Gasteiger partial charge in [-0.25, -0.2) is 0 Å². The summed E-state index contributed by atoms with van der Waals surface area (Å²) < 4.78 is 7.37. The van der Waals surface area contributed by atoms with Gasteiger partial charge in [0.25, 0.3) is 0 Å². The van der Waals surface area contributed by atoms with Gasteiger partial charge < -0.3 is 9.64 Å². The number of nitrogens with zero attached hydrogens (tertiary/aromatic N) is 1. The summed E-state index contributed by atoms with van der Waals surface area (Å²) >= 11 is 3.49. The minimum atomic E-state index is -0.433. The predicted octanol–water partition coefficient (Wildman–Crippen LogP) is 4.29. The molecule has 0 amide bonds. The molecule has 0 aliphatic rings. The van der Waals surface area contributed by atoms with Crippen molar-refractivity contribution in [3.05, 3.63) is 70.2 Å². The summed E-state index contributed by atoms with van der Waals surface area (Å²) in [6.07, 6.45) is 0. The molecule has 0 N–H and O–H groups in total. The molecule has 2 rings (SSSR count). The second-order valence-electron chi connectivity index (χ2n) is 5.56. The minimum Gasteiger partial charge on any atom is -0.365 e. The Bertz CT molecular complexity index is 553. The topological polar surface area (TPSA) is 12.5 Å². The normalized spacial score (nSPS) is 14.1. The number of halogens is 1. The van der Waals surface area contributed by atoms with E-state index in [1.807, 2.05) is 6.07 Å². The summed E-state index contributed by atoms with van der Waals surface area (Å²) in [5, 5.41) is 0. The Morgan fingerprint density at radius 2 is 1.52 bits per heavy atom. The minimum absolute atomic E-state index is 0.433. The van der Waals surface area contributed by atoms with E-state index < -0.39 is 5.60 Å². The summed E-state index contributed by atoms with van der Waals surface area (Å²) in [6.45, 7) is 3.73. The lowest BCUT2D eigenvalue weighted by Crippen LogP contribution is -2.31. The van der Waals surface area contributed by atoms with Crippen LogP contribution < -0.4 is 0 Å². The molecule has 2 nitrogen and oxygen atoms in total. The molecule has 0 saturated heterocycles. The van der Waals surface area contributed by atoms with Gasteiger partial charge in [0.2, 0.25) is 0 Å². The maximum atomic E-state index is 6.30. The summed E-state index contributed by atoms with van der Waals surface area (Å²) in [5.41, 5.74) is 1.90. The number of likely N-dealkylation sites (N-methyl/N-ethyl adjacent to an activating group) is 1. The summed E-state index contributed by atoms with van der Waals surface area (Å²) in [5.74, 6) is 0. The fourth-order valence-corrected chi connectivity index (χ4v) is 2.55. The van der Waals surface area contributed by atoms with Crippen LogP contribution in [0.5, 0.6) is 0 Å². The number of rotatable bonds is 6. The van der Waals surface area contributed by atoms with Crippen molar-refractivity contribution in [2.75, 3.05) is 27.2 Å². The molecule has 0 aromatic heterocycles. The van der Waals surface area contributed by atoms with Gasteiger partial charge in [-0.05, 0) is 44.3 Å². The summed E-state index contributed by atoms with van der Waals surface area (Å²) in [6, 6.07) is 18.8. The quantitative estimate of drug-likeness (QED) is 0.772. The average Bonchev–Trinajstić information content (AvgIpc) is 2.48. The fourth-order valence-electron chi connectivity index (χ4n) is 2.29. The summed E-state index contributed by atoms with van der Waals surface area (Å²) in [4.78, 5) is 2.13. The van der Waals surface area contributed by atoms with E-state index in [2.05, 4.69) is 90.4 Å². The lowest BCUT2D eigenvalue weighted by molar-refractivity contribution is -0.0101. The van der Waals surface area contributed by atoms with Gasteiger partial charge >= 0.3 is 0 Å². The first-order valence-electron chi connectivity index (χ1n) is 7.12. The molecule has 21 heavy (non-hydrogen) atoms. The van der Waals surface area contributed by atoms with Gasteiger partial charge in [-0.3, -0.25) is 0 Å². The molecular formula is C18H22BrNO. The Labute approximate surface area is 135 Å². The van der Waals surface area contributed by atoms with E-state index >= 15 is 0 Å². The van der Waals surface area contributed by atoms with Gasteiger partial charge in [-0.1, -0.05) is 58.4 Å². The highest BCUT2D eigenvalue weighted by atomic mass is 79.9. The molecule has 0 saturated carbocycles.